The molecule has 0 aliphatic rings. The molecule has 2 aromatic rings. The third-order valence-corrected chi connectivity index (χ3v) is 3.60. The van der Waals surface area contributed by atoms with Crippen LogP contribution in [-0.2, 0) is 9.53 Å². The van der Waals surface area contributed by atoms with Gasteiger partial charge in [0.15, 0.2) is 12.3 Å². The number of esters is 1. The minimum absolute atomic E-state index is 0.0736. The van der Waals surface area contributed by atoms with Crippen molar-refractivity contribution < 1.29 is 18.7 Å². The normalized spacial score (nSPS) is 11.7. The summed E-state index contributed by atoms with van der Waals surface area (Å²) in [7, 11) is 0. The van der Waals surface area contributed by atoms with E-state index in [1.807, 2.05) is 0 Å². The average Bonchev–Trinajstić information content (AvgIpc) is 2.55. The third-order valence-electron chi connectivity index (χ3n) is 3.09. The monoisotopic (exact) mass is 370 g/mol. The number of aromatic nitrogens is 1. The lowest BCUT2D eigenvalue weighted by Gasteiger charge is -2.14. The van der Waals surface area contributed by atoms with Crippen LogP contribution < -0.4 is 5.32 Å². The van der Waals surface area contributed by atoms with Gasteiger partial charge in [-0.05, 0) is 36.8 Å². The van der Waals surface area contributed by atoms with E-state index in [0.717, 1.165) is 5.56 Å². The van der Waals surface area contributed by atoms with Gasteiger partial charge >= 0.3 is 5.97 Å². The zero-order chi connectivity index (χ0) is 17.7. The highest BCUT2D eigenvalue weighted by Gasteiger charge is 2.17. The Kier molecular flexibility index (Phi) is 6.11. The molecule has 8 heteroatoms. The van der Waals surface area contributed by atoms with Crippen LogP contribution in [0.5, 0.6) is 0 Å². The molecule has 24 heavy (non-hydrogen) atoms. The second-order valence-electron chi connectivity index (χ2n) is 4.88. The number of carbonyl (C=O) groups excluding carboxylic acids is 2. The van der Waals surface area contributed by atoms with Crippen molar-refractivity contribution in [3.63, 3.8) is 0 Å². The number of ether oxygens (including phenoxy) is 1. The average molecular weight is 371 g/mol. The second kappa shape index (κ2) is 8.08. The van der Waals surface area contributed by atoms with Crippen LogP contribution in [0.15, 0.2) is 36.4 Å². The summed E-state index contributed by atoms with van der Waals surface area (Å²) in [5, 5.41) is 2.79. The highest BCUT2D eigenvalue weighted by atomic mass is 35.5. The first-order valence-corrected chi connectivity index (χ1v) is 7.66. The van der Waals surface area contributed by atoms with E-state index in [4.69, 9.17) is 27.9 Å². The predicted octanol–water partition coefficient (Wildman–Crippen LogP) is 3.56. The Labute approximate surface area is 147 Å². The largest absolute Gasteiger partial charge is 0.451 e. The fraction of sp³-hybridized carbons (Fsp3) is 0.188. The van der Waals surface area contributed by atoms with Gasteiger partial charge in [0.1, 0.15) is 11.0 Å². The minimum atomic E-state index is -0.855. The lowest BCUT2D eigenvalue weighted by molar-refractivity contribution is -0.124. The van der Waals surface area contributed by atoms with Gasteiger partial charge in [0.2, 0.25) is 0 Å². The smallest absolute Gasteiger partial charge is 0.359 e. The molecule has 126 valence electrons. The number of benzene rings is 1. The standard InChI is InChI=1S/C16H13Cl2FN2O3/c1-9(10-2-4-11(19)5-3-10)20-14(22)8-24-16(23)15-12(17)6-7-13(18)21-15/h2-7,9H,8H2,1H3,(H,20,22)/t9-/m0/s1. The van der Waals surface area contributed by atoms with E-state index in [2.05, 4.69) is 10.3 Å². The molecule has 1 atom stereocenters. The van der Waals surface area contributed by atoms with Crippen molar-refractivity contribution in [2.75, 3.05) is 6.61 Å². The third kappa shape index (κ3) is 4.91. The van der Waals surface area contributed by atoms with Crippen molar-refractivity contribution in [3.8, 4) is 0 Å². The van der Waals surface area contributed by atoms with Gasteiger partial charge in [-0.1, -0.05) is 35.3 Å². The number of hydrogen-bond acceptors (Lipinski definition) is 4. The molecule has 5 nitrogen and oxygen atoms in total. The molecule has 0 saturated carbocycles. The Balaban J connectivity index is 1.89. The van der Waals surface area contributed by atoms with Gasteiger partial charge < -0.3 is 10.1 Å². The summed E-state index contributed by atoms with van der Waals surface area (Å²) in [6.07, 6.45) is 0. The molecule has 0 bridgehead atoms. The SMILES string of the molecule is C[C@H](NC(=O)COC(=O)c1nc(Cl)ccc1Cl)c1ccc(F)cc1. The van der Waals surface area contributed by atoms with Gasteiger partial charge in [0.25, 0.3) is 5.91 Å². The number of hydrogen-bond donors (Lipinski definition) is 1. The van der Waals surface area contributed by atoms with E-state index in [0.29, 0.717) is 0 Å². The Morgan fingerprint density at radius 1 is 1.21 bits per heavy atom. The first kappa shape index (κ1) is 18.2. The molecule has 1 aromatic carbocycles. The molecule has 0 aliphatic heterocycles. The maximum Gasteiger partial charge on any atom is 0.359 e. The van der Waals surface area contributed by atoms with E-state index in [1.165, 1.54) is 24.3 Å². The van der Waals surface area contributed by atoms with E-state index in [9.17, 15) is 14.0 Å². The van der Waals surface area contributed by atoms with Crippen molar-refractivity contribution >= 4 is 35.1 Å². The Morgan fingerprint density at radius 3 is 2.54 bits per heavy atom. The van der Waals surface area contributed by atoms with Crippen molar-refractivity contribution in [1.29, 1.82) is 0 Å². The van der Waals surface area contributed by atoms with Crippen LogP contribution in [0.2, 0.25) is 10.2 Å². The predicted molar refractivity (Wildman–Crippen MR) is 87.5 cm³/mol. The molecule has 1 aromatic heterocycles. The van der Waals surface area contributed by atoms with Gasteiger partial charge in [-0.25, -0.2) is 14.2 Å². The molecule has 0 saturated heterocycles. The van der Waals surface area contributed by atoms with Crippen LogP contribution in [-0.4, -0.2) is 23.5 Å². The van der Waals surface area contributed by atoms with E-state index in [1.54, 1.807) is 19.1 Å². The molecule has 0 spiro atoms. The highest BCUT2D eigenvalue weighted by molar-refractivity contribution is 6.34. The topological polar surface area (TPSA) is 68.3 Å². The molecule has 0 unspecified atom stereocenters. The summed E-state index contributed by atoms with van der Waals surface area (Å²) in [4.78, 5) is 27.5. The van der Waals surface area contributed by atoms with Gasteiger partial charge in [-0.3, -0.25) is 4.79 Å². The van der Waals surface area contributed by atoms with Crippen LogP contribution in [0.3, 0.4) is 0 Å². The van der Waals surface area contributed by atoms with E-state index in [-0.39, 0.29) is 27.7 Å². The van der Waals surface area contributed by atoms with Gasteiger partial charge in [-0.15, -0.1) is 0 Å². The Bertz CT molecular complexity index is 753. The number of rotatable bonds is 5. The van der Waals surface area contributed by atoms with Crippen LogP contribution in [0.1, 0.15) is 29.0 Å². The van der Waals surface area contributed by atoms with Gasteiger partial charge in [0.05, 0.1) is 11.1 Å². The molecule has 2 rings (SSSR count). The second-order valence-corrected chi connectivity index (χ2v) is 5.68. The van der Waals surface area contributed by atoms with Crippen LogP contribution >= 0.6 is 23.2 Å². The van der Waals surface area contributed by atoms with E-state index < -0.39 is 18.5 Å². The molecule has 1 amide bonds. The molecule has 1 heterocycles. The number of carbonyl (C=O) groups is 2. The van der Waals surface area contributed by atoms with Crippen LogP contribution in [0.25, 0.3) is 0 Å². The Hall–Kier alpha value is -2.18. The van der Waals surface area contributed by atoms with Gasteiger partial charge in [0, 0.05) is 0 Å². The molecule has 1 N–H and O–H groups in total. The highest BCUT2D eigenvalue weighted by Crippen LogP contribution is 2.17. The number of nitrogens with one attached hydrogen (secondary N) is 1. The summed E-state index contributed by atoms with van der Waals surface area (Å²) in [6.45, 7) is 1.22. The number of nitrogens with zero attached hydrogens (tertiary/aromatic N) is 1. The lowest BCUT2D eigenvalue weighted by atomic mass is 10.1. The van der Waals surface area contributed by atoms with Crippen molar-refractivity contribution in [3.05, 3.63) is 63.6 Å². The first-order valence-electron chi connectivity index (χ1n) is 6.91. The van der Waals surface area contributed by atoms with Crippen molar-refractivity contribution in [2.24, 2.45) is 0 Å². The number of pyridine rings is 1. The summed E-state index contributed by atoms with van der Waals surface area (Å²) in [5.41, 5.74) is 0.555. The summed E-state index contributed by atoms with van der Waals surface area (Å²) in [6, 6.07) is 8.17. The number of amides is 1. The lowest BCUT2D eigenvalue weighted by Crippen LogP contribution is -2.31. The van der Waals surface area contributed by atoms with Crippen molar-refractivity contribution in [2.45, 2.75) is 13.0 Å². The summed E-state index contributed by atoms with van der Waals surface area (Å²) in [5.74, 6) is -1.73. The maximum atomic E-state index is 12.9. The summed E-state index contributed by atoms with van der Waals surface area (Å²) >= 11 is 11.5. The molecular weight excluding hydrogens is 358 g/mol. The number of halogens is 3. The minimum Gasteiger partial charge on any atom is -0.451 e. The van der Waals surface area contributed by atoms with Gasteiger partial charge in [-0.2, -0.15) is 0 Å². The van der Waals surface area contributed by atoms with E-state index >= 15 is 0 Å². The Morgan fingerprint density at radius 2 is 1.88 bits per heavy atom. The molecular formula is C16H13Cl2FN2O3. The zero-order valence-electron chi connectivity index (χ0n) is 12.6. The fourth-order valence-corrected chi connectivity index (χ4v) is 2.21. The van der Waals surface area contributed by atoms with Crippen LogP contribution in [0, 0.1) is 5.82 Å². The zero-order valence-corrected chi connectivity index (χ0v) is 14.1. The fourth-order valence-electron chi connectivity index (χ4n) is 1.88. The van der Waals surface area contributed by atoms with Crippen LogP contribution in [0.4, 0.5) is 4.39 Å². The molecule has 0 fully saturated rings. The first-order chi connectivity index (χ1) is 11.4. The summed E-state index contributed by atoms with van der Waals surface area (Å²) < 4.78 is 17.7. The quantitative estimate of drug-likeness (QED) is 0.645. The maximum absolute atomic E-state index is 12.9. The van der Waals surface area contributed by atoms with Crippen molar-refractivity contribution in [1.82, 2.24) is 10.3 Å². The molecule has 0 aliphatic carbocycles. The molecule has 0 radical (unpaired) electrons.